The predicted octanol–water partition coefficient (Wildman–Crippen LogP) is 1.99. The van der Waals surface area contributed by atoms with Crippen molar-refractivity contribution in [2.24, 2.45) is 5.73 Å². The van der Waals surface area contributed by atoms with Gasteiger partial charge in [0.25, 0.3) is 0 Å². The summed E-state index contributed by atoms with van der Waals surface area (Å²) in [7, 11) is 2.10. The molecule has 0 bridgehead atoms. The summed E-state index contributed by atoms with van der Waals surface area (Å²) in [5.74, 6) is -1.09. The van der Waals surface area contributed by atoms with E-state index in [0.29, 0.717) is 18.2 Å². The van der Waals surface area contributed by atoms with Crippen molar-refractivity contribution in [3.8, 4) is 0 Å². The molecule has 2 rings (SSSR count). The second kappa shape index (κ2) is 6.61. The number of nitrogens with two attached hydrogens (primary N) is 1. The first-order valence-corrected chi connectivity index (χ1v) is 7.11. The summed E-state index contributed by atoms with van der Waals surface area (Å²) >= 11 is 0. The standard InChI is InChI=1S/C15H23F2N3/c1-11-10-19(2)4-3-5-20(11)15(9-18)12-6-13(16)8-14(17)7-12/h6-8,11,15H,3-5,9-10,18H2,1-2H3. The van der Waals surface area contributed by atoms with Gasteiger partial charge >= 0.3 is 0 Å². The highest BCUT2D eigenvalue weighted by atomic mass is 19.1. The van der Waals surface area contributed by atoms with Crippen molar-refractivity contribution in [3.63, 3.8) is 0 Å². The third-order valence-electron chi connectivity index (χ3n) is 3.99. The van der Waals surface area contributed by atoms with Crippen LogP contribution < -0.4 is 5.73 Å². The maximum atomic E-state index is 13.4. The van der Waals surface area contributed by atoms with Gasteiger partial charge in [0, 0.05) is 37.8 Å². The highest BCUT2D eigenvalue weighted by Gasteiger charge is 2.27. The first kappa shape index (κ1) is 15.4. The third kappa shape index (κ3) is 3.53. The number of halogens is 2. The molecule has 1 fully saturated rings. The van der Waals surface area contributed by atoms with Gasteiger partial charge in [-0.15, -0.1) is 0 Å². The Balaban J connectivity index is 2.26. The second-order valence-corrected chi connectivity index (χ2v) is 5.66. The van der Waals surface area contributed by atoms with Gasteiger partial charge < -0.3 is 10.6 Å². The van der Waals surface area contributed by atoms with Crippen LogP contribution >= 0.6 is 0 Å². The number of hydrogen-bond donors (Lipinski definition) is 1. The fourth-order valence-electron chi connectivity index (χ4n) is 3.08. The normalized spacial score (nSPS) is 23.6. The molecule has 1 heterocycles. The Hall–Kier alpha value is -1.04. The van der Waals surface area contributed by atoms with Crippen LogP contribution in [0.2, 0.25) is 0 Å². The van der Waals surface area contributed by atoms with Gasteiger partial charge in [-0.3, -0.25) is 4.90 Å². The molecule has 1 aliphatic rings. The van der Waals surface area contributed by atoms with Gasteiger partial charge in [0.15, 0.2) is 0 Å². The summed E-state index contributed by atoms with van der Waals surface area (Å²) in [4.78, 5) is 4.54. The van der Waals surface area contributed by atoms with E-state index in [-0.39, 0.29) is 6.04 Å². The molecule has 112 valence electrons. The topological polar surface area (TPSA) is 32.5 Å². The van der Waals surface area contributed by atoms with Crippen LogP contribution in [0, 0.1) is 11.6 Å². The van der Waals surface area contributed by atoms with Crippen molar-refractivity contribution in [1.29, 1.82) is 0 Å². The summed E-state index contributed by atoms with van der Waals surface area (Å²) in [6, 6.07) is 3.85. The van der Waals surface area contributed by atoms with E-state index in [1.165, 1.54) is 12.1 Å². The predicted molar refractivity (Wildman–Crippen MR) is 76.4 cm³/mol. The lowest BCUT2D eigenvalue weighted by Gasteiger charge is -2.35. The van der Waals surface area contributed by atoms with Gasteiger partial charge in [0.2, 0.25) is 0 Å². The van der Waals surface area contributed by atoms with Crippen molar-refractivity contribution in [2.75, 3.05) is 33.2 Å². The molecule has 20 heavy (non-hydrogen) atoms. The lowest BCUT2D eigenvalue weighted by atomic mass is 10.0. The third-order valence-corrected chi connectivity index (χ3v) is 3.99. The van der Waals surface area contributed by atoms with E-state index >= 15 is 0 Å². The quantitative estimate of drug-likeness (QED) is 0.921. The maximum absolute atomic E-state index is 13.4. The Kier molecular flexibility index (Phi) is 5.07. The van der Waals surface area contributed by atoms with Crippen LogP contribution in [0.5, 0.6) is 0 Å². The molecule has 0 aliphatic carbocycles. The number of benzene rings is 1. The van der Waals surface area contributed by atoms with Gasteiger partial charge in [0.1, 0.15) is 11.6 Å². The number of nitrogens with zero attached hydrogens (tertiary/aromatic N) is 2. The smallest absolute Gasteiger partial charge is 0.126 e. The number of rotatable bonds is 3. The number of hydrogen-bond acceptors (Lipinski definition) is 3. The molecule has 2 atom stereocenters. The van der Waals surface area contributed by atoms with E-state index in [9.17, 15) is 8.78 Å². The molecule has 1 aromatic carbocycles. The van der Waals surface area contributed by atoms with Gasteiger partial charge in [0.05, 0.1) is 0 Å². The van der Waals surface area contributed by atoms with Crippen molar-refractivity contribution in [1.82, 2.24) is 9.80 Å². The highest BCUT2D eigenvalue weighted by molar-refractivity contribution is 5.22. The summed E-state index contributed by atoms with van der Waals surface area (Å²) in [5.41, 5.74) is 6.51. The number of likely N-dealkylation sites (N-methyl/N-ethyl adjacent to an activating group) is 1. The monoisotopic (exact) mass is 283 g/mol. The van der Waals surface area contributed by atoms with Crippen LogP contribution in [0.25, 0.3) is 0 Å². The van der Waals surface area contributed by atoms with Crippen molar-refractivity contribution in [2.45, 2.75) is 25.4 Å². The van der Waals surface area contributed by atoms with Gasteiger partial charge in [-0.1, -0.05) is 0 Å². The Morgan fingerprint density at radius 2 is 1.90 bits per heavy atom. The van der Waals surface area contributed by atoms with E-state index in [0.717, 1.165) is 32.1 Å². The molecule has 0 amide bonds. The molecule has 1 aromatic rings. The zero-order valence-corrected chi connectivity index (χ0v) is 12.1. The maximum Gasteiger partial charge on any atom is 0.126 e. The fraction of sp³-hybridized carbons (Fsp3) is 0.600. The van der Waals surface area contributed by atoms with Crippen LogP contribution in [0.3, 0.4) is 0 Å². The Bertz CT molecular complexity index is 432. The first-order valence-electron chi connectivity index (χ1n) is 7.11. The largest absolute Gasteiger partial charge is 0.329 e. The molecular formula is C15H23F2N3. The van der Waals surface area contributed by atoms with Crippen LogP contribution in [-0.2, 0) is 0 Å². The Morgan fingerprint density at radius 3 is 2.50 bits per heavy atom. The van der Waals surface area contributed by atoms with Crippen molar-refractivity contribution < 1.29 is 8.78 Å². The van der Waals surface area contributed by atoms with E-state index in [4.69, 9.17) is 5.73 Å². The zero-order valence-electron chi connectivity index (χ0n) is 12.1. The lowest BCUT2D eigenvalue weighted by Crippen LogP contribution is -2.43. The molecule has 1 saturated heterocycles. The van der Waals surface area contributed by atoms with Crippen LogP contribution in [0.1, 0.15) is 24.9 Å². The molecular weight excluding hydrogens is 260 g/mol. The summed E-state index contributed by atoms with van der Waals surface area (Å²) in [5, 5.41) is 0. The highest BCUT2D eigenvalue weighted by Crippen LogP contribution is 2.25. The van der Waals surface area contributed by atoms with Gasteiger partial charge in [-0.05, 0) is 44.6 Å². The summed E-state index contributed by atoms with van der Waals surface area (Å²) in [6.07, 6.45) is 1.04. The summed E-state index contributed by atoms with van der Waals surface area (Å²) < 4.78 is 26.8. The molecule has 0 saturated carbocycles. The Labute approximate surface area is 119 Å². The van der Waals surface area contributed by atoms with Crippen LogP contribution in [-0.4, -0.2) is 49.1 Å². The molecule has 0 aromatic heterocycles. The minimum atomic E-state index is -0.543. The molecule has 0 spiro atoms. The minimum Gasteiger partial charge on any atom is -0.329 e. The molecule has 3 nitrogen and oxygen atoms in total. The molecule has 2 N–H and O–H groups in total. The van der Waals surface area contributed by atoms with E-state index < -0.39 is 11.6 Å². The Morgan fingerprint density at radius 1 is 1.25 bits per heavy atom. The zero-order chi connectivity index (χ0) is 14.7. The van der Waals surface area contributed by atoms with E-state index in [2.05, 4.69) is 23.8 Å². The van der Waals surface area contributed by atoms with Gasteiger partial charge in [-0.25, -0.2) is 8.78 Å². The SMILES string of the molecule is CC1CN(C)CCCN1C(CN)c1cc(F)cc(F)c1. The molecule has 1 aliphatic heterocycles. The average molecular weight is 283 g/mol. The molecule has 0 radical (unpaired) electrons. The van der Waals surface area contributed by atoms with Crippen molar-refractivity contribution >= 4 is 0 Å². The minimum absolute atomic E-state index is 0.137. The van der Waals surface area contributed by atoms with Crippen molar-refractivity contribution in [3.05, 3.63) is 35.4 Å². The van der Waals surface area contributed by atoms with E-state index in [1.807, 2.05) is 0 Å². The molecule has 2 unspecified atom stereocenters. The fourth-order valence-corrected chi connectivity index (χ4v) is 3.08. The average Bonchev–Trinajstić information content (AvgIpc) is 2.51. The van der Waals surface area contributed by atoms with E-state index in [1.54, 1.807) is 0 Å². The van der Waals surface area contributed by atoms with Crippen LogP contribution in [0.4, 0.5) is 8.78 Å². The van der Waals surface area contributed by atoms with Crippen LogP contribution in [0.15, 0.2) is 18.2 Å². The first-order chi connectivity index (χ1) is 9.51. The second-order valence-electron chi connectivity index (χ2n) is 5.66. The summed E-state index contributed by atoms with van der Waals surface area (Å²) in [6.45, 7) is 5.37. The van der Waals surface area contributed by atoms with Gasteiger partial charge in [-0.2, -0.15) is 0 Å². The molecule has 5 heteroatoms. The lowest BCUT2D eigenvalue weighted by molar-refractivity contribution is 0.146.